The maximum absolute atomic E-state index is 11.3. The van der Waals surface area contributed by atoms with Gasteiger partial charge < -0.3 is 10.4 Å². The fourth-order valence-corrected chi connectivity index (χ4v) is 1.27. The van der Waals surface area contributed by atoms with Gasteiger partial charge in [0.2, 0.25) is 5.91 Å². The van der Waals surface area contributed by atoms with E-state index in [1.54, 1.807) is 0 Å². The number of carbonyl (C=O) groups excluding carboxylic acids is 1. The van der Waals surface area contributed by atoms with Crippen LogP contribution < -0.4 is 5.32 Å². The third-order valence-corrected chi connectivity index (χ3v) is 2.24. The molecule has 1 atom stereocenters. The summed E-state index contributed by atoms with van der Waals surface area (Å²) in [7, 11) is 0. The molecule has 0 saturated carbocycles. The second-order valence-corrected chi connectivity index (χ2v) is 3.70. The normalized spacial score (nSPS) is 12.1. The number of amides is 1. The van der Waals surface area contributed by atoms with E-state index in [0.717, 1.165) is 25.7 Å². The average Bonchev–Trinajstić information content (AvgIpc) is 2.20. The standard InChI is InChI=1S/C11H21NO3/c1-3-5-7-9(11(14)15)12-10(13)8-6-4-2/h9H,3-8H2,1-2H3,(H,12,13)(H,14,15). The molecule has 0 spiro atoms. The van der Waals surface area contributed by atoms with Gasteiger partial charge in [-0.3, -0.25) is 4.79 Å². The predicted octanol–water partition coefficient (Wildman–Crippen LogP) is 1.94. The number of hydrogen-bond donors (Lipinski definition) is 2. The Hall–Kier alpha value is -1.06. The minimum Gasteiger partial charge on any atom is -0.480 e. The molecule has 0 radical (unpaired) electrons. The summed E-state index contributed by atoms with van der Waals surface area (Å²) in [6.45, 7) is 4.00. The van der Waals surface area contributed by atoms with E-state index < -0.39 is 12.0 Å². The van der Waals surface area contributed by atoms with Crippen molar-refractivity contribution in [3.8, 4) is 0 Å². The fraction of sp³-hybridized carbons (Fsp3) is 0.818. The Balaban J connectivity index is 3.93. The molecule has 0 aliphatic heterocycles. The molecule has 0 aromatic heterocycles. The maximum Gasteiger partial charge on any atom is 0.326 e. The lowest BCUT2D eigenvalue weighted by molar-refractivity contribution is -0.142. The first-order chi connectivity index (χ1) is 7.11. The Labute approximate surface area is 91.1 Å². The van der Waals surface area contributed by atoms with E-state index >= 15 is 0 Å². The summed E-state index contributed by atoms with van der Waals surface area (Å²) in [6, 6.07) is -0.714. The third-order valence-electron chi connectivity index (χ3n) is 2.24. The molecule has 0 aromatic carbocycles. The summed E-state index contributed by atoms with van der Waals surface area (Å²) in [5, 5.41) is 11.4. The van der Waals surface area contributed by atoms with E-state index in [1.807, 2.05) is 13.8 Å². The highest BCUT2D eigenvalue weighted by molar-refractivity contribution is 5.83. The largest absolute Gasteiger partial charge is 0.480 e. The van der Waals surface area contributed by atoms with E-state index in [0.29, 0.717) is 12.8 Å². The van der Waals surface area contributed by atoms with E-state index in [1.165, 1.54) is 0 Å². The van der Waals surface area contributed by atoms with Gasteiger partial charge in [0.15, 0.2) is 0 Å². The second-order valence-electron chi connectivity index (χ2n) is 3.70. The zero-order valence-corrected chi connectivity index (χ0v) is 9.58. The predicted molar refractivity (Wildman–Crippen MR) is 58.6 cm³/mol. The van der Waals surface area contributed by atoms with Crippen molar-refractivity contribution < 1.29 is 14.7 Å². The summed E-state index contributed by atoms with van der Waals surface area (Å²) in [5.41, 5.74) is 0. The van der Waals surface area contributed by atoms with Crippen LogP contribution in [0.4, 0.5) is 0 Å². The zero-order valence-electron chi connectivity index (χ0n) is 9.58. The Morgan fingerprint density at radius 1 is 1.20 bits per heavy atom. The molecule has 15 heavy (non-hydrogen) atoms. The van der Waals surface area contributed by atoms with Crippen molar-refractivity contribution in [2.24, 2.45) is 0 Å². The van der Waals surface area contributed by atoms with Crippen LogP contribution in [0.5, 0.6) is 0 Å². The highest BCUT2D eigenvalue weighted by Gasteiger charge is 2.18. The molecule has 0 aromatic rings. The number of rotatable bonds is 8. The van der Waals surface area contributed by atoms with E-state index in [-0.39, 0.29) is 5.91 Å². The molecule has 4 nitrogen and oxygen atoms in total. The molecule has 1 unspecified atom stereocenters. The Morgan fingerprint density at radius 3 is 2.27 bits per heavy atom. The molecule has 0 fully saturated rings. The zero-order chi connectivity index (χ0) is 11.7. The first-order valence-electron chi connectivity index (χ1n) is 5.64. The van der Waals surface area contributed by atoms with Crippen LogP contribution in [0.3, 0.4) is 0 Å². The molecule has 0 heterocycles. The van der Waals surface area contributed by atoms with Crippen molar-refractivity contribution in [1.29, 1.82) is 0 Å². The summed E-state index contributed by atoms with van der Waals surface area (Å²) < 4.78 is 0. The molecular weight excluding hydrogens is 194 g/mol. The van der Waals surface area contributed by atoms with E-state index in [9.17, 15) is 9.59 Å². The first kappa shape index (κ1) is 13.9. The van der Waals surface area contributed by atoms with Crippen molar-refractivity contribution in [3.05, 3.63) is 0 Å². The van der Waals surface area contributed by atoms with Crippen molar-refractivity contribution >= 4 is 11.9 Å². The van der Waals surface area contributed by atoms with E-state index in [2.05, 4.69) is 5.32 Å². The van der Waals surface area contributed by atoms with Crippen LogP contribution in [0.15, 0.2) is 0 Å². The number of nitrogens with one attached hydrogen (secondary N) is 1. The number of carboxylic acids is 1. The fourth-order valence-electron chi connectivity index (χ4n) is 1.27. The number of carboxylic acid groups (broad SMARTS) is 1. The van der Waals surface area contributed by atoms with Gasteiger partial charge in [-0.15, -0.1) is 0 Å². The lowest BCUT2D eigenvalue weighted by Gasteiger charge is -2.13. The Bertz CT molecular complexity index is 204. The molecule has 0 aliphatic rings. The van der Waals surface area contributed by atoms with Gasteiger partial charge in [0.25, 0.3) is 0 Å². The van der Waals surface area contributed by atoms with Crippen LogP contribution in [0.1, 0.15) is 52.4 Å². The van der Waals surface area contributed by atoms with Crippen molar-refractivity contribution in [3.63, 3.8) is 0 Å². The van der Waals surface area contributed by atoms with Gasteiger partial charge in [0, 0.05) is 6.42 Å². The van der Waals surface area contributed by atoms with E-state index in [4.69, 9.17) is 5.11 Å². The molecule has 0 rings (SSSR count). The molecular formula is C11H21NO3. The molecule has 1 amide bonds. The van der Waals surface area contributed by atoms with Crippen molar-refractivity contribution in [1.82, 2.24) is 5.32 Å². The molecule has 0 bridgehead atoms. The van der Waals surface area contributed by atoms with Crippen LogP contribution in [0.25, 0.3) is 0 Å². The highest BCUT2D eigenvalue weighted by Crippen LogP contribution is 2.02. The van der Waals surface area contributed by atoms with Crippen LogP contribution in [0, 0.1) is 0 Å². The van der Waals surface area contributed by atoms with Crippen molar-refractivity contribution in [2.75, 3.05) is 0 Å². The second kappa shape index (κ2) is 8.26. The molecule has 0 aliphatic carbocycles. The van der Waals surface area contributed by atoms with Crippen molar-refractivity contribution in [2.45, 2.75) is 58.4 Å². The SMILES string of the molecule is CCCCC(=O)NC(CCCC)C(=O)O. The van der Waals surface area contributed by atoms with Gasteiger partial charge in [-0.05, 0) is 12.8 Å². The van der Waals surface area contributed by atoms with Gasteiger partial charge in [-0.2, -0.15) is 0 Å². The lowest BCUT2D eigenvalue weighted by Crippen LogP contribution is -2.40. The van der Waals surface area contributed by atoms with Gasteiger partial charge >= 0.3 is 5.97 Å². The molecule has 88 valence electrons. The summed E-state index contributed by atoms with van der Waals surface area (Å²) in [5.74, 6) is -1.09. The van der Waals surface area contributed by atoms with Crippen LogP contribution >= 0.6 is 0 Å². The van der Waals surface area contributed by atoms with Crippen LogP contribution in [-0.2, 0) is 9.59 Å². The van der Waals surface area contributed by atoms with Gasteiger partial charge in [0.1, 0.15) is 6.04 Å². The monoisotopic (exact) mass is 215 g/mol. The maximum atomic E-state index is 11.3. The van der Waals surface area contributed by atoms with Gasteiger partial charge in [-0.25, -0.2) is 4.79 Å². The Kier molecular flexibility index (Phi) is 7.68. The quantitative estimate of drug-likeness (QED) is 0.650. The molecule has 4 heteroatoms. The van der Waals surface area contributed by atoms with Crippen LogP contribution in [0.2, 0.25) is 0 Å². The summed E-state index contributed by atoms with van der Waals surface area (Å²) in [4.78, 5) is 22.1. The number of aliphatic carboxylic acids is 1. The summed E-state index contributed by atoms with van der Waals surface area (Å²) in [6.07, 6.45) is 4.46. The van der Waals surface area contributed by atoms with Gasteiger partial charge in [0.05, 0.1) is 0 Å². The molecule has 2 N–H and O–H groups in total. The number of carbonyl (C=O) groups is 2. The molecule has 0 saturated heterocycles. The smallest absolute Gasteiger partial charge is 0.326 e. The van der Waals surface area contributed by atoms with Crippen LogP contribution in [-0.4, -0.2) is 23.0 Å². The third kappa shape index (κ3) is 6.94. The minimum atomic E-state index is -0.937. The minimum absolute atomic E-state index is 0.152. The lowest BCUT2D eigenvalue weighted by atomic mass is 10.1. The Morgan fingerprint density at radius 2 is 1.80 bits per heavy atom. The summed E-state index contributed by atoms with van der Waals surface area (Å²) >= 11 is 0. The highest BCUT2D eigenvalue weighted by atomic mass is 16.4. The topological polar surface area (TPSA) is 66.4 Å². The van der Waals surface area contributed by atoms with Gasteiger partial charge in [-0.1, -0.05) is 33.1 Å². The first-order valence-corrected chi connectivity index (χ1v) is 5.64. The number of unbranched alkanes of at least 4 members (excludes halogenated alkanes) is 2. The number of hydrogen-bond acceptors (Lipinski definition) is 2. The average molecular weight is 215 g/mol.